The van der Waals surface area contributed by atoms with E-state index in [1.807, 2.05) is 0 Å². The van der Waals surface area contributed by atoms with Crippen LogP contribution in [0.5, 0.6) is 0 Å². The third-order valence-corrected chi connectivity index (χ3v) is 5.09. The van der Waals surface area contributed by atoms with Gasteiger partial charge in [0.1, 0.15) is 18.5 Å². The number of imidazole rings is 1. The summed E-state index contributed by atoms with van der Waals surface area (Å²) in [7, 11) is 0. The van der Waals surface area contributed by atoms with E-state index in [2.05, 4.69) is 37.7 Å². The molecule has 0 saturated carbocycles. The van der Waals surface area contributed by atoms with E-state index >= 15 is 0 Å². The average molecular weight is 388 g/mol. The first kappa shape index (κ1) is 18.8. The number of aliphatic hydroxyl groups excluding tert-OH is 2. The van der Waals surface area contributed by atoms with Gasteiger partial charge in [-0.3, -0.25) is 9.36 Å². The van der Waals surface area contributed by atoms with Gasteiger partial charge in [-0.2, -0.15) is 0 Å². The van der Waals surface area contributed by atoms with E-state index in [0.29, 0.717) is 23.5 Å². The highest BCUT2D eigenvalue weighted by Gasteiger charge is 2.47. The molecule has 0 spiro atoms. The summed E-state index contributed by atoms with van der Waals surface area (Å²) in [5.41, 5.74) is 1.00. The maximum atomic E-state index is 12.1. The monoisotopic (exact) mass is 388 g/mol. The standard InChI is InChI=1S/C18H24N6O4/c1-2-19-17(27)14-12(25)13(26)18(28-14)24-9-22-11-15(20-8-21-16(11)24)23-10-6-4-3-5-7-10/h3-4,8-10,12-14,18,25-26H,2,5-7H2,1H3,(H,19,27)(H,20,21,23)/t10?,12-,13+,14-,18?/m0/s1. The van der Waals surface area contributed by atoms with E-state index in [-0.39, 0.29) is 6.04 Å². The number of allylic oxidation sites excluding steroid dienone is 1. The number of carbonyl (C=O) groups is 1. The number of hydrogen-bond acceptors (Lipinski definition) is 8. The van der Waals surface area contributed by atoms with Gasteiger partial charge in [-0.1, -0.05) is 12.2 Å². The number of nitrogens with one attached hydrogen (secondary N) is 2. The highest BCUT2D eigenvalue weighted by molar-refractivity contribution is 5.83. The second-order valence-electron chi connectivity index (χ2n) is 7.00. The fraction of sp³-hybridized carbons (Fsp3) is 0.556. The Balaban J connectivity index is 1.60. The fourth-order valence-corrected chi connectivity index (χ4v) is 3.64. The minimum atomic E-state index is -1.34. The number of rotatable bonds is 5. The topological polar surface area (TPSA) is 134 Å². The number of amides is 1. The van der Waals surface area contributed by atoms with Crippen molar-refractivity contribution in [1.82, 2.24) is 24.8 Å². The summed E-state index contributed by atoms with van der Waals surface area (Å²) < 4.78 is 7.19. The van der Waals surface area contributed by atoms with Gasteiger partial charge in [-0.15, -0.1) is 0 Å². The molecule has 1 aliphatic carbocycles. The molecule has 2 unspecified atom stereocenters. The Hall–Kier alpha value is -2.56. The van der Waals surface area contributed by atoms with Gasteiger partial charge in [0, 0.05) is 12.6 Å². The van der Waals surface area contributed by atoms with E-state index in [4.69, 9.17) is 4.74 Å². The Morgan fingerprint density at radius 3 is 2.89 bits per heavy atom. The van der Waals surface area contributed by atoms with E-state index in [1.165, 1.54) is 17.2 Å². The van der Waals surface area contributed by atoms with Crippen LogP contribution >= 0.6 is 0 Å². The molecule has 4 N–H and O–H groups in total. The summed E-state index contributed by atoms with van der Waals surface area (Å²) in [5.74, 6) is 0.140. The van der Waals surface area contributed by atoms with Crippen LogP contribution in [-0.4, -0.2) is 66.5 Å². The molecular weight excluding hydrogens is 364 g/mol. The van der Waals surface area contributed by atoms with Crippen LogP contribution in [0.3, 0.4) is 0 Å². The van der Waals surface area contributed by atoms with Crippen molar-refractivity contribution in [2.45, 2.75) is 56.8 Å². The molecule has 150 valence electrons. The largest absolute Gasteiger partial charge is 0.387 e. The molecule has 1 aliphatic heterocycles. The number of anilines is 1. The van der Waals surface area contributed by atoms with Crippen molar-refractivity contribution in [3.63, 3.8) is 0 Å². The van der Waals surface area contributed by atoms with E-state index in [9.17, 15) is 15.0 Å². The summed E-state index contributed by atoms with van der Waals surface area (Å²) in [6, 6.07) is 0.269. The molecule has 1 saturated heterocycles. The maximum Gasteiger partial charge on any atom is 0.252 e. The van der Waals surface area contributed by atoms with Crippen LogP contribution in [0.4, 0.5) is 5.82 Å². The number of carbonyl (C=O) groups excluding carboxylic acids is 1. The van der Waals surface area contributed by atoms with Gasteiger partial charge in [0.15, 0.2) is 29.3 Å². The molecule has 1 fully saturated rings. The maximum absolute atomic E-state index is 12.1. The number of fused-ring (bicyclic) bond motifs is 1. The van der Waals surface area contributed by atoms with Gasteiger partial charge in [-0.25, -0.2) is 15.0 Å². The predicted octanol–water partition coefficient (Wildman–Crippen LogP) is 0.102. The van der Waals surface area contributed by atoms with Crippen molar-refractivity contribution in [3.05, 3.63) is 24.8 Å². The number of ether oxygens (including phenoxy) is 1. The van der Waals surface area contributed by atoms with Crippen molar-refractivity contribution in [2.75, 3.05) is 11.9 Å². The SMILES string of the molecule is CCNC(=O)[C@H]1OC(n2cnc3c(NC4CC=CCC4)ncnc32)[C@H](O)[C@@H]1O. The lowest BCUT2D eigenvalue weighted by molar-refractivity contribution is -0.137. The highest BCUT2D eigenvalue weighted by Crippen LogP contribution is 2.32. The van der Waals surface area contributed by atoms with Crippen molar-refractivity contribution < 1.29 is 19.7 Å². The number of nitrogens with zero attached hydrogens (tertiary/aromatic N) is 4. The van der Waals surface area contributed by atoms with Crippen molar-refractivity contribution >= 4 is 22.9 Å². The van der Waals surface area contributed by atoms with E-state index in [0.717, 1.165) is 19.3 Å². The van der Waals surface area contributed by atoms with Gasteiger partial charge in [-0.05, 0) is 26.2 Å². The molecule has 0 radical (unpaired) electrons. The van der Waals surface area contributed by atoms with Gasteiger partial charge in [0.25, 0.3) is 5.91 Å². The van der Waals surface area contributed by atoms with Gasteiger partial charge < -0.3 is 25.6 Å². The smallest absolute Gasteiger partial charge is 0.252 e. The Morgan fingerprint density at radius 2 is 2.14 bits per heavy atom. The Labute approximate surface area is 161 Å². The molecule has 3 heterocycles. The van der Waals surface area contributed by atoms with Gasteiger partial charge in [0.2, 0.25) is 0 Å². The van der Waals surface area contributed by atoms with Crippen LogP contribution in [0.15, 0.2) is 24.8 Å². The molecule has 0 bridgehead atoms. The normalized spacial score (nSPS) is 29.9. The van der Waals surface area contributed by atoms with Crippen LogP contribution in [-0.2, 0) is 9.53 Å². The van der Waals surface area contributed by atoms with Crippen LogP contribution in [0.2, 0.25) is 0 Å². The lowest BCUT2D eigenvalue weighted by atomic mass is 10.0. The molecule has 10 heteroatoms. The zero-order chi connectivity index (χ0) is 19.7. The summed E-state index contributed by atoms with van der Waals surface area (Å²) in [6.45, 7) is 2.17. The molecule has 2 aliphatic rings. The summed E-state index contributed by atoms with van der Waals surface area (Å²) in [5, 5.41) is 26.7. The van der Waals surface area contributed by atoms with Crippen LogP contribution < -0.4 is 10.6 Å². The van der Waals surface area contributed by atoms with Crippen molar-refractivity contribution in [3.8, 4) is 0 Å². The molecular formula is C18H24N6O4. The molecule has 0 aromatic carbocycles. The summed E-state index contributed by atoms with van der Waals surface area (Å²) >= 11 is 0. The minimum absolute atomic E-state index is 0.269. The van der Waals surface area contributed by atoms with E-state index < -0.39 is 30.4 Å². The number of likely N-dealkylation sites (N-methyl/N-ethyl adjacent to an activating group) is 1. The first-order valence-electron chi connectivity index (χ1n) is 9.48. The average Bonchev–Trinajstić information content (AvgIpc) is 3.25. The Morgan fingerprint density at radius 1 is 1.29 bits per heavy atom. The minimum Gasteiger partial charge on any atom is -0.387 e. The van der Waals surface area contributed by atoms with Crippen molar-refractivity contribution in [1.29, 1.82) is 0 Å². The second-order valence-corrected chi connectivity index (χ2v) is 7.00. The van der Waals surface area contributed by atoms with E-state index in [1.54, 1.807) is 6.92 Å². The Bertz CT molecular complexity index is 884. The quantitative estimate of drug-likeness (QED) is 0.530. The molecule has 28 heavy (non-hydrogen) atoms. The molecule has 2 aromatic heterocycles. The highest BCUT2D eigenvalue weighted by atomic mass is 16.6. The number of hydrogen-bond donors (Lipinski definition) is 4. The third kappa shape index (κ3) is 3.34. The lowest BCUT2D eigenvalue weighted by Crippen LogP contribution is -2.42. The summed E-state index contributed by atoms with van der Waals surface area (Å²) in [6.07, 6.45) is 5.36. The molecule has 1 amide bonds. The van der Waals surface area contributed by atoms with Crippen LogP contribution in [0.1, 0.15) is 32.4 Å². The van der Waals surface area contributed by atoms with Crippen LogP contribution in [0, 0.1) is 0 Å². The first-order valence-corrected chi connectivity index (χ1v) is 9.48. The molecule has 4 rings (SSSR count). The lowest BCUT2D eigenvalue weighted by Gasteiger charge is -2.20. The zero-order valence-electron chi connectivity index (χ0n) is 15.5. The van der Waals surface area contributed by atoms with Crippen molar-refractivity contribution in [2.24, 2.45) is 0 Å². The zero-order valence-corrected chi connectivity index (χ0v) is 15.5. The fourth-order valence-electron chi connectivity index (χ4n) is 3.64. The molecule has 2 aromatic rings. The second kappa shape index (κ2) is 7.82. The van der Waals surface area contributed by atoms with Gasteiger partial charge >= 0.3 is 0 Å². The number of aliphatic hydroxyl groups is 2. The first-order chi connectivity index (χ1) is 13.6. The third-order valence-electron chi connectivity index (χ3n) is 5.09. The van der Waals surface area contributed by atoms with Crippen LogP contribution in [0.25, 0.3) is 11.2 Å². The molecule has 10 nitrogen and oxygen atoms in total. The van der Waals surface area contributed by atoms with Gasteiger partial charge in [0.05, 0.1) is 6.33 Å². The summed E-state index contributed by atoms with van der Waals surface area (Å²) in [4.78, 5) is 25.0. The predicted molar refractivity (Wildman–Crippen MR) is 100 cm³/mol. The Kier molecular flexibility index (Phi) is 5.25. The number of aromatic nitrogens is 4. The molecule has 5 atom stereocenters.